The van der Waals surface area contributed by atoms with Gasteiger partial charge in [0.05, 0.1) is 18.9 Å². The van der Waals surface area contributed by atoms with E-state index >= 15 is 0 Å². The third-order valence-corrected chi connectivity index (χ3v) is 3.07. The molecule has 0 N–H and O–H groups in total. The summed E-state index contributed by atoms with van der Waals surface area (Å²) in [4.78, 5) is 26.0. The van der Waals surface area contributed by atoms with Gasteiger partial charge in [-0.3, -0.25) is 4.79 Å². The molecule has 92 valence electrons. The Labute approximate surface area is 108 Å². The lowest BCUT2D eigenvalue weighted by atomic mass is 10.3. The highest BCUT2D eigenvalue weighted by atomic mass is 35.5. The van der Waals surface area contributed by atoms with Crippen molar-refractivity contribution in [3.05, 3.63) is 41.5 Å². The van der Waals surface area contributed by atoms with Crippen molar-refractivity contribution in [2.45, 2.75) is 13.1 Å². The molecule has 0 radical (unpaired) electrons. The fourth-order valence-electron chi connectivity index (χ4n) is 1.93. The van der Waals surface area contributed by atoms with E-state index in [9.17, 15) is 4.79 Å². The summed E-state index contributed by atoms with van der Waals surface area (Å²) < 4.78 is 2.04. The van der Waals surface area contributed by atoms with Crippen molar-refractivity contribution >= 4 is 17.5 Å². The number of carbonyl (C=O) groups is 1. The lowest BCUT2D eigenvalue weighted by molar-refractivity contribution is 0.0701. The largest absolute Gasteiger partial charge is 0.332 e. The first-order valence-corrected chi connectivity index (χ1v) is 5.88. The maximum Gasteiger partial charge on any atom is 0.274 e. The minimum absolute atomic E-state index is 0.145. The van der Waals surface area contributed by atoms with Crippen LogP contribution in [-0.4, -0.2) is 36.9 Å². The van der Waals surface area contributed by atoms with Crippen LogP contribution in [0.4, 0.5) is 0 Å². The Hall–Kier alpha value is -1.95. The van der Waals surface area contributed by atoms with E-state index in [0.717, 1.165) is 12.4 Å². The molecule has 1 aliphatic heterocycles. The van der Waals surface area contributed by atoms with Gasteiger partial charge in [0.2, 0.25) is 0 Å². The van der Waals surface area contributed by atoms with Gasteiger partial charge in [-0.15, -0.1) is 0 Å². The van der Waals surface area contributed by atoms with E-state index in [2.05, 4.69) is 15.0 Å². The van der Waals surface area contributed by atoms with Crippen molar-refractivity contribution in [3.63, 3.8) is 0 Å². The quantitative estimate of drug-likeness (QED) is 0.769. The van der Waals surface area contributed by atoms with Gasteiger partial charge in [-0.2, -0.15) is 0 Å². The van der Waals surface area contributed by atoms with Gasteiger partial charge in [0.15, 0.2) is 0 Å². The van der Waals surface area contributed by atoms with Gasteiger partial charge in [-0.1, -0.05) is 11.6 Å². The van der Waals surface area contributed by atoms with Gasteiger partial charge >= 0.3 is 0 Å². The molecule has 0 fully saturated rings. The van der Waals surface area contributed by atoms with Gasteiger partial charge in [-0.05, 0) is 0 Å². The van der Waals surface area contributed by atoms with Crippen molar-refractivity contribution in [1.82, 2.24) is 24.4 Å². The zero-order valence-corrected chi connectivity index (χ0v) is 10.2. The van der Waals surface area contributed by atoms with Gasteiger partial charge in [-0.25, -0.2) is 15.0 Å². The Morgan fingerprint density at radius 3 is 2.89 bits per heavy atom. The van der Waals surface area contributed by atoms with Gasteiger partial charge in [0.25, 0.3) is 5.91 Å². The molecule has 0 atom stereocenters. The van der Waals surface area contributed by atoms with Crippen LogP contribution in [0.3, 0.4) is 0 Å². The van der Waals surface area contributed by atoms with Gasteiger partial charge in [0.1, 0.15) is 16.7 Å². The second-order valence-electron chi connectivity index (χ2n) is 3.99. The van der Waals surface area contributed by atoms with E-state index in [1.54, 1.807) is 11.1 Å². The van der Waals surface area contributed by atoms with Crippen LogP contribution in [0.1, 0.15) is 16.3 Å². The van der Waals surface area contributed by atoms with E-state index in [-0.39, 0.29) is 11.1 Å². The monoisotopic (exact) mass is 263 g/mol. The van der Waals surface area contributed by atoms with Crippen LogP contribution < -0.4 is 0 Å². The normalized spacial score (nSPS) is 14.4. The lowest BCUT2D eigenvalue weighted by Crippen LogP contribution is -2.38. The molecule has 2 aromatic heterocycles. The SMILES string of the molecule is O=C(c1cnc(Cl)cn1)N1CCn2ccnc2C1. The van der Waals surface area contributed by atoms with Crippen LogP contribution in [0, 0.1) is 0 Å². The maximum atomic E-state index is 12.2. The van der Waals surface area contributed by atoms with Crippen molar-refractivity contribution in [2.75, 3.05) is 6.54 Å². The van der Waals surface area contributed by atoms with Gasteiger partial charge < -0.3 is 9.47 Å². The number of halogens is 1. The van der Waals surface area contributed by atoms with Crippen LogP contribution >= 0.6 is 11.6 Å². The molecule has 0 saturated heterocycles. The molecule has 0 bridgehead atoms. The van der Waals surface area contributed by atoms with E-state index in [4.69, 9.17) is 11.6 Å². The molecule has 1 amide bonds. The lowest BCUT2D eigenvalue weighted by Gasteiger charge is -2.27. The molecule has 2 aromatic rings. The first-order chi connectivity index (χ1) is 8.74. The molecule has 0 aliphatic carbocycles. The summed E-state index contributed by atoms with van der Waals surface area (Å²) in [5.74, 6) is 0.741. The molecule has 3 heterocycles. The zero-order valence-electron chi connectivity index (χ0n) is 9.45. The molecule has 0 saturated carbocycles. The Bertz CT molecular complexity index is 579. The number of nitrogens with zero attached hydrogens (tertiary/aromatic N) is 5. The predicted octanol–water partition coefficient (Wildman–Crippen LogP) is 0.982. The second kappa shape index (κ2) is 4.38. The molecule has 0 spiro atoms. The molecule has 1 aliphatic rings. The van der Waals surface area contributed by atoms with Crippen LogP contribution in [0.5, 0.6) is 0 Å². The smallest absolute Gasteiger partial charge is 0.274 e. The first-order valence-electron chi connectivity index (χ1n) is 5.51. The highest BCUT2D eigenvalue weighted by Gasteiger charge is 2.23. The first kappa shape index (κ1) is 11.2. The second-order valence-corrected chi connectivity index (χ2v) is 4.38. The third kappa shape index (κ3) is 1.95. The average Bonchev–Trinajstić information content (AvgIpc) is 2.86. The fourth-order valence-corrected chi connectivity index (χ4v) is 2.03. The highest BCUT2D eigenvalue weighted by molar-refractivity contribution is 6.29. The number of aromatic nitrogens is 4. The van der Waals surface area contributed by atoms with Crippen LogP contribution in [0.15, 0.2) is 24.8 Å². The summed E-state index contributed by atoms with van der Waals surface area (Å²) in [6, 6.07) is 0. The molecule has 3 rings (SSSR count). The van der Waals surface area contributed by atoms with Gasteiger partial charge in [0, 0.05) is 25.5 Å². The predicted molar refractivity (Wildman–Crippen MR) is 64.0 cm³/mol. The van der Waals surface area contributed by atoms with E-state index in [0.29, 0.717) is 18.8 Å². The molecular formula is C11H10ClN5O. The van der Waals surface area contributed by atoms with E-state index < -0.39 is 0 Å². The number of fused-ring (bicyclic) bond motifs is 1. The number of amides is 1. The summed E-state index contributed by atoms with van der Waals surface area (Å²) in [5, 5.41) is 0.278. The van der Waals surface area contributed by atoms with Crippen molar-refractivity contribution in [2.24, 2.45) is 0 Å². The molecular weight excluding hydrogens is 254 g/mol. The fraction of sp³-hybridized carbons (Fsp3) is 0.273. The van der Waals surface area contributed by atoms with Crippen LogP contribution in [0.2, 0.25) is 5.15 Å². The van der Waals surface area contributed by atoms with E-state index in [1.807, 2.05) is 10.8 Å². The van der Waals surface area contributed by atoms with Crippen LogP contribution in [0.25, 0.3) is 0 Å². The Morgan fingerprint density at radius 1 is 1.22 bits per heavy atom. The van der Waals surface area contributed by atoms with Crippen molar-refractivity contribution in [3.8, 4) is 0 Å². The summed E-state index contributed by atoms with van der Waals surface area (Å²) in [7, 11) is 0. The summed E-state index contributed by atoms with van der Waals surface area (Å²) in [5.41, 5.74) is 0.305. The standard InChI is InChI=1S/C11H10ClN5O/c12-9-6-14-8(5-15-9)11(18)17-4-3-16-2-1-13-10(16)7-17/h1-2,5-6H,3-4,7H2. The number of hydrogen-bond acceptors (Lipinski definition) is 4. The van der Waals surface area contributed by atoms with Crippen LogP contribution in [-0.2, 0) is 13.1 Å². The summed E-state index contributed by atoms with van der Waals surface area (Å²) >= 11 is 5.64. The highest BCUT2D eigenvalue weighted by Crippen LogP contribution is 2.13. The number of rotatable bonds is 1. The van der Waals surface area contributed by atoms with Crippen molar-refractivity contribution in [1.29, 1.82) is 0 Å². The van der Waals surface area contributed by atoms with E-state index in [1.165, 1.54) is 12.4 Å². The minimum atomic E-state index is -0.145. The zero-order chi connectivity index (χ0) is 12.5. The average molecular weight is 264 g/mol. The number of hydrogen-bond donors (Lipinski definition) is 0. The molecule has 0 unspecified atom stereocenters. The number of imidazole rings is 1. The topological polar surface area (TPSA) is 63.9 Å². The molecule has 0 aromatic carbocycles. The summed E-state index contributed by atoms with van der Waals surface area (Å²) in [6.45, 7) is 1.89. The Morgan fingerprint density at radius 2 is 2.11 bits per heavy atom. The number of carbonyl (C=O) groups excluding carboxylic acids is 1. The molecule has 6 nitrogen and oxygen atoms in total. The molecule has 18 heavy (non-hydrogen) atoms. The van der Waals surface area contributed by atoms with Crippen molar-refractivity contribution < 1.29 is 4.79 Å². The summed E-state index contributed by atoms with van der Waals surface area (Å²) in [6.07, 6.45) is 6.43. The Kier molecular flexibility index (Phi) is 2.71. The minimum Gasteiger partial charge on any atom is -0.332 e. The molecule has 7 heteroatoms. The maximum absolute atomic E-state index is 12.2. The Balaban J connectivity index is 1.80. The third-order valence-electron chi connectivity index (χ3n) is 2.87.